The van der Waals surface area contributed by atoms with Gasteiger partial charge in [0.15, 0.2) is 5.82 Å². The molecule has 31 heavy (non-hydrogen) atoms. The fourth-order valence-corrected chi connectivity index (χ4v) is 7.00. The predicted molar refractivity (Wildman–Crippen MR) is 123 cm³/mol. The van der Waals surface area contributed by atoms with Crippen LogP contribution in [0.2, 0.25) is 0 Å². The molecule has 3 aromatic carbocycles. The van der Waals surface area contributed by atoms with Crippen LogP contribution in [0.4, 0.5) is 4.39 Å². The van der Waals surface area contributed by atoms with Crippen molar-refractivity contribution in [2.75, 3.05) is 0 Å². The second kappa shape index (κ2) is 5.49. The number of halogens is 1. The highest BCUT2D eigenvalue weighted by Gasteiger charge is 2.46. The van der Waals surface area contributed by atoms with E-state index < -0.39 is 0 Å². The van der Waals surface area contributed by atoms with E-state index in [0.717, 1.165) is 66.0 Å². The lowest BCUT2D eigenvalue weighted by atomic mass is 9.34. The summed E-state index contributed by atoms with van der Waals surface area (Å²) in [5, 5.41) is 1.56. The van der Waals surface area contributed by atoms with Crippen molar-refractivity contribution < 1.29 is 18.6 Å². The molecule has 0 N–H and O–H groups in total. The molecule has 0 saturated heterocycles. The van der Waals surface area contributed by atoms with Crippen LogP contribution in [-0.4, -0.2) is 6.71 Å². The summed E-state index contributed by atoms with van der Waals surface area (Å²) in [4.78, 5) is 0.998. The maximum absolute atomic E-state index is 14.1. The minimum Gasteiger partial charge on any atom is -0.458 e. The van der Waals surface area contributed by atoms with Gasteiger partial charge < -0.3 is 14.2 Å². The molecule has 0 spiro atoms. The van der Waals surface area contributed by atoms with Gasteiger partial charge in [0.25, 0.3) is 6.71 Å². The monoisotopic (exact) mass is 440 g/mol. The zero-order valence-corrected chi connectivity index (χ0v) is 17.4. The van der Waals surface area contributed by atoms with Gasteiger partial charge in [0.1, 0.15) is 34.5 Å². The van der Waals surface area contributed by atoms with Gasteiger partial charge in [-0.15, -0.1) is 22.7 Å². The van der Waals surface area contributed by atoms with Crippen LogP contribution < -0.4 is 30.6 Å². The molecule has 0 fully saturated rings. The second-order valence-electron chi connectivity index (χ2n) is 7.85. The first-order chi connectivity index (χ1) is 15.2. The highest BCUT2D eigenvalue weighted by Crippen LogP contribution is 2.45. The molecule has 0 unspecified atom stereocenters. The molecule has 3 aliphatic rings. The maximum Gasteiger partial charge on any atom is 0.270 e. The van der Waals surface area contributed by atoms with Gasteiger partial charge in [-0.05, 0) is 48.0 Å². The summed E-state index contributed by atoms with van der Waals surface area (Å²) < 4.78 is 34.7. The highest BCUT2D eigenvalue weighted by atomic mass is 32.1. The molecule has 2 aromatic heterocycles. The minimum absolute atomic E-state index is 0.0111. The van der Waals surface area contributed by atoms with Crippen molar-refractivity contribution in [3.05, 3.63) is 65.8 Å². The molecular formula is C24H10BFO3S2. The molecule has 5 heterocycles. The Morgan fingerprint density at radius 1 is 0.710 bits per heavy atom. The molecule has 146 valence electrons. The highest BCUT2D eigenvalue weighted by molar-refractivity contribution is 7.28. The van der Waals surface area contributed by atoms with Crippen molar-refractivity contribution in [2.45, 2.75) is 0 Å². The summed E-state index contributed by atoms with van der Waals surface area (Å²) in [5.74, 6) is 4.65. The average Bonchev–Trinajstić information content (AvgIpc) is 3.36. The predicted octanol–water partition coefficient (Wildman–Crippen LogP) is 5.60. The molecule has 0 atom stereocenters. The molecule has 3 nitrogen and oxygen atoms in total. The van der Waals surface area contributed by atoms with Gasteiger partial charge >= 0.3 is 0 Å². The fraction of sp³-hybridized carbons (Fsp3) is 0. The van der Waals surface area contributed by atoms with E-state index in [-0.39, 0.29) is 12.5 Å². The molecule has 8 rings (SSSR count). The van der Waals surface area contributed by atoms with Crippen molar-refractivity contribution in [3.8, 4) is 44.9 Å². The lowest BCUT2D eigenvalue weighted by molar-refractivity contribution is 0.443. The third-order valence-corrected chi connectivity index (χ3v) is 8.39. The minimum atomic E-state index is -0.159. The summed E-state index contributed by atoms with van der Waals surface area (Å²) in [5.41, 5.74) is 4.08. The van der Waals surface area contributed by atoms with E-state index in [9.17, 15) is 4.39 Å². The molecular weight excluding hydrogens is 430 g/mol. The van der Waals surface area contributed by atoms with E-state index in [4.69, 9.17) is 14.2 Å². The van der Waals surface area contributed by atoms with Gasteiger partial charge in [-0.3, -0.25) is 0 Å². The van der Waals surface area contributed by atoms with Crippen LogP contribution in [0, 0.1) is 5.82 Å². The first-order valence-corrected chi connectivity index (χ1v) is 11.6. The van der Waals surface area contributed by atoms with E-state index in [1.165, 1.54) is 22.7 Å². The normalized spacial score (nSPS) is 14.0. The standard InChI is InChI=1S/C24H10BFO3S2/c26-12-10-30-20-9-19(31-24(12)20)11-7-17-23-18(8-11)29-16-6-2-4-14-22(16)25(23)21-13(27-14)3-1-5-15(21)28-17/h1-10H. The zero-order valence-electron chi connectivity index (χ0n) is 15.8. The van der Waals surface area contributed by atoms with Crippen LogP contribution >= 0.6 is 22.7 Å². The van der Waals surface area contributed by atoms with Crippen LogP contribution in [0.1, 0.15) is 0 Å². The Morgan fingerprint density at radius 2 is 1.26 bits per heavy atom. The molecule has 3 aliphatic heterocycles. The number of fused-ring (bicyclic) bond motifs is 1. The lowest BCUT2D eigenvalue weighted by Crippen LogP contribution is -2.59. The van der Waals surface area contributed by atoms with Crippen LogP contribution in [0.15, 0.2) is 60.0 Å². The quantitative estimate of drug-likeness (QED) is 0.311. The molecule has 0 amide bonds. The summed E-state index contributed by atoms with van der Waals surface area (Å²) in [6.45, 7) is 0.0111. The van der Waals surface area contributed by atoms with E-state index in [1.807, 2.05) is 54.6 Å². The Kier molecular flexibility index (Phi) is 2.91. The Bertz CT molecular complexity index is 1530. The molecule has 5 aromatic rings. The molecule has 0 saturated carbocycles. The summed E-state index contributed by atoms with van der Waals surface area (Å²) in [6, 6.07) is 18.0. The zero-order chi connectivity index (χ0) is 20.3. The number of benzene rings is 3. The number of hydrogen-bond acceptors (Lipinski definition) is 5. The van der Waals surface area contributed by atoms with Crippen molar-refractivity contribution in [3.63, 3.8) is 0 Å². The van der Waals surface area contributed by atoms with Crippen molar-refractivity contribution >= 4 is 55.2 Å². The van der Waals surface area contributed by atoms with E-state index in [1.54, 1.807) is 5.38 Å². The second-order valence-corrected chi connectivity index (χ2v) is 9.81. The van der Waals surface area contributed by atoms with Crippen LogP contribution in [0.25, 0.3) is 19.8 Å². The van der Waals surface area contributed by atoms with Gasteiger partial charge in [-0.25, -0.2) is 4.39 Å². The van der Waals surface area contributed by atoms with Crippen LogP contribution in [-0.2, 0) is 0 Å². The Balaban J connectivity index is 1.41. The van der Waals surface area contributed by atoms with E-state index >= 15 is 0 Å². The number of hydrogen-bond donors (Lipinski definition) is 0. The van der Waals surface area contributed by atoms with Crippen LogP contribution in [0.3, 0.4) is 0 Å². The first-order valence-electron chi connectivity index (χ1n) is 9.89. The summed E-state index contributed by atoms with van der Waals surface area (Å²) in [7, 11) is 0. The van der Waals surface area contributed by atoms with Crippen molar-refractivity contribution in [2.24, 2.45) is 0 Å². The van der Waals surface area contributed by atoms with Gasteiger partial charge in [-0.2, -0.15) is 0 Å². The number of ether oxygens (including phenoxy) is 3. The molecule has 0 aliphatic carbocycles. The van der Waals surface area contributed by atoms with E-state index in [2.05, 4.69) is 0 Å². The Morgan fingerprint density at radius 3 is 1.84 bits per heavy atom. The molecule has 0 bridgehead atoms. The van der Waals surface area contributed by atoms with Gasteiger partial charge in [0.2, 0.25) is 0 Å². The number of thiophene rings is 2. The van der Waals surface area contributed by atoms with Crippen molar-refractivity contribution in [1.29, 1.82) is 0 Å². The number of rotatable bonds is 1. The third-order valence-electron chi connectivity index (χ3n) is 6.17. The van der Waals surface area contributed by atoms with Crippen LogP contribution in [0.5, 0.6) is 34.5 Å². The Labute approximate surface area is 184 Å². The van der Waals surface area contributed by atoms with E-state index in [0.29, 0.717) is 4.70 Å². The average molecular weight is 440 g/mol. The topological polar surface area (TPSA) is 27.7 Å². The SMILES string of the molecule is Fc1csc2cc(-c3cc4c5c(c3)Oc3cccc6c3B5c3c(cccc3O4)O6)sc12. The smallest absolute Gasteiger partial charge is 0.270 e. The molecule has 0 radical (unpaired) electrons. The van der Waals surface area contributed by atoms with Crippen molar-refractivity contribution in [1.82, 2.24) is 0 Å². The first kappa shape index (κ1) is 16.4. The lowest BCUT2D eigenvalue weighted by Gasteiger charge is -2.37. The molecule has 7 heteroatoms. The Hall–Kier alpha value is -3.29. The fourth-order valence-electron chi connectivity index (χ4n) is 4.90. The largest absolute Gasteiger partial charge is 0.458 e. The maximum atomic E-state index is 14.1. The summed E-state index contributed by atoms with van der Waals surface area (Å²) in [6.07, 6.45) is 0. The third kappa shape index (κ3) is 2.03. The van der Waals surface area contributed by atoms with Gasteiger partial charge in [0, 0.05) is 31.3 Å². The van der Waals surface area contributed by atoms with Gasteiger partial charge in [0.05, 0.1) is 4.70 Å². The summed E-state index contributed by atoms with van der Waals surface area (Å²) >= 11 is 2.89. The van der Waals surface area contributed by atoms with Gasteiger partial charge in [-0.1, -0.05) is 12.1 Å².